The summed E-state index contributed by atoms with van der Waals surface area (Å²) in [6.45, 7) is 5.60. The van der Waals surface area contributed by atoms with Crippen LogP contribution in [0.25, 0.3) is 0 Å². The van der Waals surface area contributed by atoms with Crippen LogP contribution in [-0.2, 0) is 0 Å². The Morgan fingerprint density at radius 1 is 1.24 bits per heavy atom. The molecule has 4 heteroatoms. The smallest absolute Gasteiger partial charge is 0.120 e. The van der Waals surface area contributed by atoms with Gasteiger partial charge in [-0.05, 0) is 43.9 Å². The lowest BCUT2D eigenvalue weighted by atomic mass is 10.1. The quantitative estimate of drug-likeness (QED) is 0.869. The molecule has 1 saturated heterocycles. The third-order valence-electron chi connectivity index (χ3n) is 4.80. The maximum absolute atomic E-state index is 6.20. The van der Waals surface area contributed by atoms with Crippen LogP contribution in [0, 0.1) is 5.92 Å². The molecule has 0 spiro atoms. The summed E-state index contributed by atoms with van der Waals surface area (Å²) in [6, 6.07) is 8.79. The first kappa shape index (κ1) is 14.7. The van der Waals surface area contributed by atoms with E-state index in [1.807, 2.05) is 6.07 Å². The highest BCUT2D eigenvalue weighted by atomic mass is 16.5. The summed E-state index contributed by atoms with van der Waals surface area (Å²) in [7, 11) is 1.72. The second-order valence-electron chi connectivity index (χ2n) is 6.32. The third kappa shape index (κ3) is 3.89. The number of piperazine rings is 1. The molecule has 2 aliphatic rings. The standard InChI is InChI=1S/C17H27N3O/c1-21-16-4-2-3-15(13-16)20-11-9-19(10-12-20)8-7-17(18)14-5-6-14/h2-4,13-14,17H,5-12,18H2,1H3. The molecule has 2 fully saturated rings. The van der Waals surface area contributed by atoms with Crippen molar-refractivity contribution >= 4 is 5.69 Å². The molecule has 3 rings (SSSR count). The maximum atomic E-state index is 6.20. The number of rotatable bonds is 6. The van der Waals surface area contributed by atoms with Crippen LogP contribution in [0.4, 0.5) is 5.69 Å². The lowest BCUT2D eigenvalue weighted by Crippen LogP contribution is -2.47. The Morgan fingerprint density at radius 3 is 2.67 bits per heavy atom. The minimum atomic E-state index is 0.432. The average molecular weight is 289 g/mol. The van der Waals surface area contributed by atoms with Gasteiger partial charge in [-0.1, -0.05) is 6.07 Å². The molecule has 21 heavy (non-hydrogen) atoms. The van der Waals surface area contributed by atoms with E-state index in [9.17, 15) is 0 Å². The first-order chi connectivity index (χ1) is 10.3. The molecule has 0 amide bonds. The van der Waals surface area contributed by atoms with Gasteiger partial charge in [0.2, 0.25) is 0 Å². The summed E-state index contributed by atoms with van der Waals surface area (Å²) in [4.78, 5) is 5.00. The lowest BCUT2D eigenvalue weighted by Gasteiger charge is -2.36. The molecular formula is C17H27N3O. The summed E-state index contributed by atoms with van der Waals surface area (Å²) in [6.07, 6.45) is 3.86. The fourth-order valence-corrected chi connectivity index (χ4v) is 3.13. The first-order valence-electron chi connectivity index (χ1n) is 8.13. The van der Waals surface area contributed by atoms with E-state index in [1.165, 1.54) is 18.5 Å². The second-order valence-corrected chi connectivity index (χ2v) is 6.32. The van der Waals surface area contributed by atoms with E-state index < -0.39 is 0 Å². The lowest BCUT2D eigenvalue weighted by molar-refractivity contribution is 0.245. The number of methoxy groups -OCH3 is 1. The Morgan fingerprint density at radius 2 is 2.00 bits per heavy atom. The SMILES string of the molecule is COc1cccc(N2CCN(CCC(N)C3CC3)CC2)c1. The van der Waals surface area contributed by atoms with E-state index in [4.69, 9.17) is 10.5 Å². The molecule has 1 aromatic carbocycles. The van der Waals surface area contributed by atoms with Gasteiger partial charge < -0.3 is 15.4 Å². The van der Waals surface area contributed by atoms with Crippen molar-refractivity contribution < 1.29 is 4.74 Å². The molecule has 1 aromatic rings. The number of anilines is 1. The van der Waals surface area contributed by atoms with Crippen molar-refractivity contribution in [2.24, 2.45) is 11.7 Å². The molecule has 116 valence electrons. The normalized spacial score (nSPS) is 21.3. The van der Waals surface area contributed by atoms with Crippen molar-refractivity contribution in [3.05, 3.63) is 24.3 Å². The minimum Gasteiger partial charge on any atom is -0.497 e. The monoisotopic (exact) mass is 289 g/mol. The summed E-state index contributed by atoms with van der Waals surface area (Å²) >= 11 is 0. The second kappa shape index (κ2) is 6.67. The molecule has 1 saturated carbocycles. The van der Waals surface area contributed by atoms with Gasteiger partial charge in [-0.3, -0.25) is 4.90 Å². The molecule has 1 atom stereocenters. The zero-order valence-corrected chi connectivity index (χ0v) is 13.0. The molecule has 0 bridgehead atoms. The van der Waals surface area contributed by atoms with Gasteiger partial charge in [-0.2, -0.15) is 0 Å². The zero-order chi connectivity index (χ0) is 14.7. The average Bonchev–Trinajstić information content (AvgIpc) is 3.38. The first-order valence-corrected chi connectivity index (χ1v) is 8.13. The van der Waals surface area contributed by atoms with Crippen molar-refractivity contribution in [3.8, 4) is 5.75 Å². The van der Waals surface area contributed by atoms with Gasteiger partial charge in [-0.25, -0.2) is 0 Å². The van der Waals surface area contributed by atoms with Crippen molar-refractivity contribution in [1.82, 2.24) is 4.90 Å². The molecule has 1 heterocycles. The fourth-order valence-electron chi connectivity index (χ4n) is 3.13. The predicted molar refractivity (Wildman–Crippen MR) is 87.0 cm³/mol. The Hall–Kier alpha value is -1.26. The van der Waals surface area contributed by atoms with Crippen molar-refractivity contribution in [2.45, 2.75) is 25.3 Å². The minimum absolute atomic E-state index is 0.432. The summed E-state index contributed by atoms with van der Waals surface area (Å²) in [5.74, 6) is 1.76. The van der Waals surface area contributed by atoms with Crippen LogP contribution in [0.15, 0.2) is 24.3 Å². The Kier molecular flexibility index (Phi) is 4.66. The van der Waals surface area contributed by atoms with Gasteiger partial charge in [0, 0.05) is 44.0 Å². The topological polar surface area (TPSA) is 41.7 Å². The molecular weight excluding hydrogens is 262 g/mol. The van der Waals surface area contributed by atoms with Gasteiger partial charge >= 0.3 is 0 Å². The number of ether oxygens (including phenoxy) is 1. The van der Waals surface area contributed by atoms with Gasteiger partial charge in [0.15, 0.2) is 0 Å². The van der Waals surface area contributed by atoms with Gasteiger partial charge in [0.25, 0.3) is 0 Å². The van der Waals surface area contributed by atoms with Crippen LogP contribution in [0.2, 0.25) is 0 Å². The van der Waals surface area contributed by atoms with Crippen LogP contribution in [-0.4, -0.2) is 50.8 Å². The molecule has 1 unspecified atom stereocenters. The van der Waals surface area contributed by atoms with Crippen molar-refractivity contribution in [3.63, 3.8) is 0 Å². The molecule has 0 aromatic heterocycles. The Labute approximate surface area is 127 Å². The summed E-state index contributed by atoms with van der Waals surface area (Å²) < 4.78 is 5.31. The number of nitrogens with zero attached hydrogens (tertiary/aromatic N) is 2. The van der Waals surface area contributed by atoms with Crippen molar-refractivity contribution in [2.75, 3.05) is 44.7 Å². The van der Waals surface area contributed by atoms with E-state index in [1.54, 1.807) is 7.11 Å². The molecule has 2 N–H and O–H groups in total. The van der Waals surface area contributed by atoms with E-state index in [0.29, 0.717) is 6.04 Å². The highest BCUT2D eigenvalue weighted by Crippen LogP contribution is 2.32. The van der Waals surface area contributed by atoms with E-state index >= 15 is 0 Å². The summed E-state index contributed by atoms with van der Waals surface area (Å²) in [5, 5.41) is 0. The van der Waals surface area contributed by atoms with Crippen LogP contribution in [0.3, 0.4) is 0 Å². The predicted octanol–water partition coefficient (Wildman–Crippen LogP) is 1.94. The van der Waals surface area contributed by atoms with E-state index in [-0.39, 0.29) is 0 Å². The largest absolute Gasteiger partial charge is 0.497 e. The molecule has 1 aliphatic heterocycles. The van der Waals surface area contributed by atoms with Crippen LogP contribution in [0.1, 0.15) is 19.3 Å². The maximum Gasteiger partial charge on any atom is 0.120 e. The van der Waals surface area contributed by atoms with Gasteiger partial charge in [0.05, 0.1) is 7.11 Å². The summed E-state index contributed by atoms with van der Waals surface area (Å²) in [5.41, 5.74) is 7.46. The number of benzene rings is 1. The number of nitrogens with two attached hydrogens (primary N) is 1. The van der Waals surface area contributed by atoms with E-state index in [2.05, 4.69) is 28.0 Å². The molecule has 0 radical (unpaired) electrons. The molecule has 1 aliphatic carbocycles. The Bertz CT molecular complexity index is 453. The third-order valence-corrected chi connectivity index (χ3v) is 4.80. The van der Waals surface area contributed by atoms with Crippen LogP contribution < -0.4 is 15.4 Å². The highest BCUT2D eigenvalue weighted by molar-refractivity contribution is 5.51. The highest BCUT2D eigenvalue weighted by Gasteiger charge is 2.28. The zero-order valence-electron chi connectivity index (χ0n) is 13.0. The number of hydrogen-bond acceptors (Lipinski definition) is 4. The van der Waals surface area contributed by atoms with Gasteiger partial charge in [0.1, 0.15) is 5.75 Å². The van der Waals surface area contributed by atoms with Gasteiger partial charge in [-0.15, -0.1) is 0 Å². The van der Waals surface area contributed by atoms with Crippen LogP contribution in [0.5, 0.6) is 5.75 Å². The van der Waals surface area contributed by atoms with E-state index in [0.717, 1.165) is 50.8 Å². The number of hydrogen-bond donors (Lipinski definition) is 1. The van der Waals surface area contributed by atoms with Crippen LogP contribution >= 0.6 is 0 Å². The Balaban J connectivity index is 1.45. The fraction of sp³-hybridized carbons (Fsp3) is 0.647. The van der Waals surface area contributed by atoms with Crippen molar-refractivity contribution in [1.29, 1.82) is 0 Å². The molecule has 4 nitrogen and oxygen atoms in total.